The Morgan fingerprint density at radius 2 is 2.38 bits per heavy atom. The van der Waals surface area contributed by atoms with E-state index in [9.17, 15) is 4.79 Å². The lowest BCUT2D eigenvalue weighted by Crippen LogP contribution is -2.20. The summed E-state index contributed by atoms with van der Waals surface area (Å²) in [5, 5.41) is 8.39. The van der Waals surface area contributed by atoms with Crippen LogP contribution in [0, 0.1) is 0 Å². The van der Waals surface area contributed by atoms with Crippen molar-refractivity contribution in [2.24, 2.45) is 0 Å². The summed E-state index contributed by atoms with van der Waals surface area (Å²) in [5.41, 5.74) is 0. The molecule has 0 aliphatic carbocycles. The molecule has 0 aromatic rings. The van der Waals surface area contributed by atoms with Gasteiger partial charge in [0, 0.05) is 0 Å². The molecule has 5 heteroatoms. The van der Waals surface area contributed by atoms with Gasteiger partial charge in [0.2, 0.25) is 0 Å². The minimum absolute atomic E-state index is 0.751. The predicted octanol–water partition coefficient (Wildman–Crippen LogP) is -1.83. The number of rotatable bonds is 2. The molecule has 2 N–H and O–H groups in total. The molecule has 0 aliphatic rings. The molecule has 4 nitrogen and oxygen atoms in total. The van der Waals surface area contributed by atoms with Crippen molar-refractivity contribution in [3.63, 3.8) is 0 Å². The van der Waals surface area contributed by atoms with E-state index in [0.29, 0.717) is 0 Å². The highest BCUT2D eigenvalue weighted by Crippen LogP contribution is 1.81. The SMILES string of the molecule is CC(O)C(=O)[O][AlH][OH]. The minimum Gasteiger partial charge on any atom is -0.596 e. The van der Waals surface area contributed by atoms with Gasteiger partial charge in [0.15, 0.2) is 0 Å². The fourth-order valence-corrected chi connectivity index (χ4v) is 0.553. The zero-order valence-electron chi connectivity index (χ0n) is 4.50. The first-order valence-corrected chi connectivity index (χ1v) is 3.35. The molecule has 0 saturated heterocycles. The molecular formula is C3H7AlO4. The number of hydrogen-bond acceptors (Lipinski definition) is 4. The highest BCUT2D eigenvalue weighted by atomic mass is 27.2. The summed E-state index contributed by atoms with van der Waals surface area (Å²) in [6.45, 7) is 1.28. The Hall–Kier alpha value is -0.0775. The molecule has 0 rings (SSSR count). The standard InChI is InChI=1S/C3H6O3.Al.H2O.H/c1-2(4)3(5)6;;;/h2,4H,1H3,(H,5,6);;1H2;/q;+2;;/p-2. The molecule has 0 fully saturated rings. The van der Waals surface area contributed by atoms with E-state index in [2.05, 4.69) is 3.79 Å². The molecule has 0 amide bonds. The van der Waals surface area contributed by atoms with Gasteiger partial charge in [0.1, 0.15) is 6.10 Å². The summed E-state index contributed by atoms with van der Waals surface area (Å²) in [6.07, 6.45) is -1.12. The van der Waals surface area contributed by atoms with Crippen LogP contribution in [0.25, 0.3) is 0 Å². The molecule has 0 spiro atoms. The van der Waals surface area contributed by atoms with Crippen molar-refractivity contribution in [3.8, 4) is 0 Å². The summed E-state index contributed by atoms with van der Waals surface area (Å²) in [7, 11) is 0. The second-order valence-corrected chi connectivity index (χ2v) is 1.82. The van der Waals surface area contributed by atoms with Crippen molar-refractivity contribution in [1.82, 2.24) is 0 Å². The third-order valence-electron chi connectivity index (χ3n) is 0.548. The summed E-state index contributed by atoms with van der Waals surface area (Å²) in [5.74, 6) is -0.751. The third-order valence-corrected chi connectivity index (χ3v) is 0.962. The van der Waals surface area contributed by atoms with Crippen molar-refractivity contribution in [2.75, 3.05) is 0 Å². The van der Waals surface area contributed by atoms with Crippen molar-refractivity contribution >= 4 is 21.9 Å². The van der Waals surface area contributed by atoms with E-state index in [1.807, 2.05) is 0 Å². The maximum atomic E-state index is 10.1. The molecule has 1 unspecified atom stereocenters. The Kier molecular flexibility index (Phi) is 3.83. The average Bonchev–Trinajstić information content (AvgIpc) is 1.67. The van der Waals surface area contributed by atoms with E-state index < -0.39 is 28.0 Å². The van der Waals surface area contributed by atoms with Crippen molar-refractivity contribution in [2.45, 2.75) is 13.0 Å². The second kappa shape index (κ2) is 3.87. The topological polar surface area (TPSA) is 66.8 Å². The summed E-state index contributed by atoms with van der Waals surface area (Å²) in [6, 6.07) is 0. The molecule has 0 aliphatic heterocycles. The van der Waals surface area contributed by atoms with Crippen molar-refractivity contribution in [3.05, 3.63) is 0 Å². The van der Waals surface area contributed by atoms with Gasteiger partial charge in [-0.3, -0.25) is 4.79 Å². The first-order valence-electron chi connectivity index (χ1n) is 2.14. The van der Waals surface area contributed by atoms with Gasteiger partial charge in [-0.1, -0.05) is 0 Å². The Balaban J connectivity index is 3.33. The van der Waals surface area contributed by atoms with Gasteiger partial charge in [-0.05, 0) is 6.92 Å². The molecule has 46 valence electrons. The Labute approximate surface area is 53.5 Å². The van der Waals surface area contributed by atoms with Crippen LogP contribution in [0.5, 0.6) is 0 Å². The van der Waals surface area contributed by atoms with Crippen LogP contribution in [-0.4, -0.2) is 37.2 Å². The van der Waals surface area contributed by atoms with Gasteiger partial charge in [0.05, 0.1) is 0 Å². The smallest absolute Gasteiger partial charge is 0.596 e. The molecule has 0 radical (unpaired) electrons. The van der Waals surface area contributed by atoms with E-state index in [-0.39, 0.29) is 0 Å². The minimum atomic E-state index is -1.69. The summed E-state index contributed by atoms with van der Waals surface area (Å²) >= 11 is -1.69. The highest BCUT2D eigenvalue weighted by molar-refractivity contribution is 6.20. The maximum absolute atomic E-state index is 10.1. The lowest BCUT2D eigenvalue weighted by atomic mass is 10.4. The van der Waals surface area contributed by atoms with Crippen molar-refractivity contribution < 1.29 is 17.8 Å². The highest BCUT2D eigenvalue weighted by Gasteiger charge is 2.08. The molecule has 0 heterocycles. The maximum Gasteiger partial charge on any atom is 0.740 e. The first kappa shape index (κ1) is 7.92. The Bertz CT molecular complexity index is 81.4. The predicted molar refractivity (Wildman–Crippen MR) is 27.1 cm³/mol. The van der Waals surface area contributed by atoms with Gasteiger partial charge in [-0.15, -0.1) is 0 Å². The van der Waals surface area contributed by atoms with Gasteiger partial charge >= 0.3 is 21.9 Å². The van der Waals surface area contributed by atoms with E-state index in [1.54, 1.807) is 0 Å². The van der Waals surface area contributed by atoms with Crippen LogP contribution < -0.4 is 0 Å². The zero-order valence-corrected chi connectivity index (χ0v) is 5.91. The second-order valence-electron chi connectivity index (χ2n) is 1.27. The fraction of sp³-hybridized carbons (Fsp3) is 0.667. The van der Waals surface area contributed by atoms with E-state index >= 15 is 0 Å². The van der Waals surface area contributed by atoms with Gasteiger partial charge in [0.25, 0.3) is 0 Å². The molecule has 8 heavy (non-hydrogen) atoms. The van der Waals surface area contributed by atoms with E-state index in [1.165, 1.54) is 6.92 Å². The normalized spacial score (nSPS) is 12.4. The van der Waals surface area contributed by atoms with Crippen LogP contribution in [0.15, 0.2) is 0 Å². The van der Waals surface area contributed by atoms with Crippen LogP contribution in [0.3, 0.4) is 0 Å². The van der Waals surface area contributed by atoms with Gasteiger partial charge in [-0.25, -0.2) is 0 Å². The number of aliphatic hydroxyl groups excluding tert-OH is 1. The van der Waals surface area contributed by atoms with Crippen LogP contribution in [0.4, 0.5) is 0 Å². The largest absolute Gasteiger partial charge is 0.740 e. The molecule has 1 atom stereocenters. The van der Waals surface area contributed by atoms with Crippen LogP contribution in [-0.2, 0) is 8.58 Å². The van der Waals surface area contributed by atoms with Crippen LogP contribution in [0.2, 0.25) is 0 Å². The summed E-state index contributed by atoms with van der Waals surface area (Å²) in [4.78, 5) is 10.1. The van der Waals surface area contributed by atoms with E-state index in [0.717, 1.165) is 0 Å². The fourth-order valence-electron chi connectivity index (χ4n) is 0.184. The molecule has 0 aromatic carbocycles. The van der Waals surface area contributed by atoms with Crippen LogP contribution in [0.1, 0.15) is 6.92 Å². The average molecular weight is 134 g/mol. The van der Waals surface area contributed by atoms with Crippen LogP contribution >= 0.6 is 0 Å². The quantitative estimate of drug-likeness (QED) is 0.436. The van der Waals surface area contributed by atoms with Gasteiger partial charge < -0.3 is 13.1 Å². The molecule has 0 aromatic heterocycles. The number of carbonyl (C=O) groups excluding carboxylic acids is 1. The van der Waals surface area contributed by atoms with Crippen molar-refractivity contribution in [1.29, 1.82) is 0 Å². The van der Waals surface area contributed by atoms with Gasteiger partial charge in [-0.2, -0.15) is 0 Å². The number of hydrogen-bond donors (Lipinski definition) is 2. The lowest BCUT2D eigenvalue weighted by molar-refractivity contribution is -0.143. The Morgan fingerprint density at radius 1 is 1.88 bits per heavy atom. The molecular weight excluding hydrogens is 127 g/mol. The first-order chi connectivity index (χ1) is 3.68. The number of aliphatic hydroxyl groups is 1. The zero-order chi connectivity index (χ0) is 6.57. The lowest BCUT2D eigenvalue weighted by Gasteiger charge is -2.01. The molecule has 0 saturated carbocycles. The van der Waals surface area contributed by atoms with E-state index in [4.69, 9.17) is 9.26 Å². The summed E-state index contributed by atoms with van der Waals surface area (Å²) < 4.78 is 12.2. The Morgan fingerprint density at radius 3 is 2.50 bits per heavy atom. The third kappa shape index (κ3) is 2.99. The monoisotopic (exact) mass is 134 g/mol. The molecule has 0 bridgehead atoms. The number of carbonyl (C=O) groups is 1.